The SMILES string of the molecule is CC1N=C(c2ccc(Cl)cc2)NC1=O. The number of rotatable bonds is 1. The molecule has 0 saturated carbocycles. The molecule has 0 aliphatic carbocycles. The van der Waals surface area contributed by atoms with Gasteiger partial charge in [0.05, 0.1) is 0 Å². The second kappa shape index (κ2) is 3.42. The van der Waals surface area contributed by atoms with Crippen molar-refractivity contribution in [1.29, 1.82) is 0 Å². The van der Waals surface area contributed by atoms with E-state index < -0.39 is 0 Å². The fourth-order valence-corrected chi connectivity index (χ4v) is 1.39. The van der Waals surface area contributed by atoms with Crippen LogP contribution in [0.25, 0.3) is 0 Å². The Bertz CT molecular complexity index is 397. The Labute approximate surface area is 86.8 Å². The van der Waals surface area contributed by atoms with E-state index in [4.69, 9.17) is 11.6 Å². The summed E-state index contributed by atoms with van der Waals surface area (Å²) in [6, 6.07) is 6.92. The van der Waals surface area contributed by atoms with Gasteiger partial charge in [-0.25, -0.2) is 0 Å². The number of aliphatic imine (C=N–C) groups is 1. The Morgan fingerprint density at radius 1 is 1.36 bits per heavy atom. The van der Waals surface area contributed by atoms with Gasteiger partial charge in [0, 0.05) is 10.6 Å². The van der Waals surface area contributed by atoms with Crippen molar-refractivity contribution < 1.29 is 4.79 Å². The predicted octanol–water partition coefficient (Wildman–Crippen LogP) is 1.60. The fourth-order valence-electron chi connectivity index (χ4n) is 1.26. The van der Waals surface area contributed by atoms with E-state index in [1.54, 1.807) is 19.1 Å². The second-order valence-corrected chi connectivity index (χ2v) is 3.59. The van der Waals surface area contributed by atoms with Crippen LogP contribution < -0.4 is 5.32 Å². The van der Waals surface area contributed by atoms with E-state index in [0.717, 1.165) is 5.56 Å². The minimum atomic E-state index is -0.291. The summed E-state index contributed by atoms with van der Waals surface area (Å²) >= 11 is 5.75. The molecule has 1 heterocycles. The highest BCUT2D eigenvalue weighted by molar-refractivity contribution is 6.30. The highest BCUT2D eigenvalue weighted by atomic mass is 35.5. The number of hydrogen-bond donors (Lipinski definition) is 1. The molecule has 2 rings (SSSR count). The summed E-state index contributed by atoms with van der Waals surface area (Å²) in [5.74, 6) is 0.564. The Kier molecular flexibility index (Phi) is 2.25. The van der Waals surface area contributed by atoms with Gasteiger partial charge in [-0.2, -0.15) is 0 Å². The molecule has 1 atom stereocenters. The number of benzene rings is 1. The molecule has 0 spiro atoms. The first kappa shape index (κ1) is 9.21. The number of amides is 1. The molecule has 1 aromatic rings. The summed E-state index contributed by atoms with van der Waals surface area (Å²) in [6.45, 7) is 1.76. The molecule has 1 aliphatic heterocycles. The van der Waals surface area contributed by atoms with Crippen LogP contribution in [0.5, 0.6) is 0 Å². The van der Waals surface area contributed by atoms with Crippen LogP contribution in [0.15, 0.2) is 29.3 Å². The van der Waals surface area contributed by atoms with Crippen LogP contribution in [0.4, 0.5) is 0 Å². The molecule has 1 aliphatic rings. The van der Waals surface area contributed by atoms with Gasteiger partial charge in [-0.05, 0) is 31.2 Å². The molecule has 1 unspecified atom stereocenters. The van der Waals surface area contributed by atoms with Gasteiger partial charge < -0.3 is 5.32 Å². The zero-order chi connectivity index (χ0) is 10.1. The van der Waals surface area contributed by atoms with Crippen molar-refractivity contribution in [3.8, 4) is 0 Å². The maximum Gasteiger partial charge on any atom is 0.250 e. The third-order valence-electron chi connectivity index (χ3n) is 2.06. The predicted molar refractivity (Wildman–Crippen MR) is 55.6 cm³/mol. The van der Waals surface area contributed by atoms with Crippen LogP contribution in [0, 0.1) is 0 Å². The number of carbonyl (C=O) groups is 1. The van der Waals surface area contributed by atoms with Gasteiger partial charge in [-0.15, -0.1) is 0 Å². The molecule has 4 heteroatoms. The van der Waals surface area contributed by atoms with Crippen LogP contribution in [-0.4, -0.2) is 17.8 Å². The lowest BCUT2D eigenvalue weighted by Crippen LogP contribution is -2.27. The van der Waals surface area contributed by atoms with Crippen LogP contribution in [0.3, 0.4) is 0 Å². The van der Waals surface area contributed by atoms with Crippen molar-refractivity contribution in [2.45, 2.75) is 13.0 Å². The Morgan fingerprint density at radius 3 is 2.50 bits per heavy atom. The topological polar surface area (TPSA) is 41.5 Å². The number of amidine groups is 1. The molecule has 1 amide bonds. The minimum absolute atomic E-state index is 0.0602. The summed E-state index contributed by atoms with van der Waals surface area (Å²) in [4.78, 5) is 15.4. The third-order valence-corrected chi connectivity index (χ3v) is 2.31. The van der Waals surface area contributed by atoms with E-state index >= 15 is 0 Å². The average Bonchev–Trinajstić information content (AvgIpc) is 2.48. The maximum atomic E-state index is 11.2. The van der Waals surface area contributed by atoms with Crippen molar-refractivity contribution in [2.24, 2.45) is 4.99 Å². The number of carbonyl (C=O) groups excluding carboxylic acids is 1. The molecular formula is C10H9ClN2O. The number of nitrogens with one attached hydrogen (secondary N) is 1. The van der Waals surface area contributed by atoms with E-state index in [1.165, 1.54) is 0 Å². The monoisotopic (exact) mass is 208 g/mol. The zero-order valence-electron chi connectivity index (χ0n) is 7.62. The summed E-state index contributed by atoms with van der Waals surface area (Å²) in [7, 11) is 0. The van der Waals surface area contributed by atoms with Gasteiger partial charge in [-0.3, -0.25) is 9.79 Å². The highest BCUT2D eigenvalue weighted by Crippen LogP contribution is 2.12. The van der Waals surface area contributed by atoms with Crippen molar-refractivity contribution in [1.82, 2.24) is 5.32 Å². The standard InChI is InChI=1S/C10H9ClN2O/c1-6-10(14)13-9(12-6)7-2-4-8(11)5-3-7/h2-6H,1H3,(H,12,13,14). The number of halogens is 1. The molecule has 1 aromatic carbocycles. The molecule has 0 radical (unpaired) electrons. The van der Waals surface area contributed by atoms with Crippen molar-refractivity contribution in [3.05, 3.63) is 34.9 Å². The van der Waals surface area contributed by atoms with Gasteiger partial charge in [0.25, 0.3) is 0 Å². The fraction of sp³-hybridized carbons (Fsp3) is 0.200. The highest BCUT2D eigenvalue weighted by Gasteiger charge is 2.22. The van der Waals surface area contributed by atoms with Crippen molar-refractivity contribution >= 4 is 23.3 Å². The zero-order valence-corrected chi connectivity index (χ0v) is 8.38. The molecule has 1 N–H and O–H groups in total. The normalized spacial score (nSPS) is 20.6. The summed E-state index contributed by atoms with van der Waals surface area (Å²) < 4.78 is 0. The molecule has 3 nitrogen and oxygen atoms in total. The Balaban J connectivity index is 2.29. The quantitative estimate of drug-likeness (QED) is 0.749. The summed E-state index contributed by atoms with van der Waals surface area (Å²) in [5, 5.41) is 3.38. The molecule has 14 heavy (non-hydrogen) atoms. The van der Waals surface area contributed by atoms with Gasteiger partial charge in [0.1, 0.15) is 11.9 Å². The van der Waals surface area contributed by atoms with E-state index in [2.05, 4.69) is 10.3 Å². The van der Waals surface area contributed by atoms with Gasteiger partial charge in [0.15, 0.2) is 0 Å². The Hall–Kier alpha value is -1.35. The molecule has 0 fully saturated rings. The summed E-state index contributed by atoms with van der Waals surface area (Å²) in [5.41, 5.74) is 0.882. The Morgan fingerprint density at radius 2 is 2.00 bits per heavy atom. The second-order valence-electron chi connectivity index (χ2n) is 3.15. The van der Waals surface area contributed by atoms with Crippen LogP contribution in [0.2, 0.25) is 5.02 Å². The lowest BCUT2D eigenvalue weighted by molar-refractivity contribution is -0.119. The van der Waals surface area contributed by atoms with Crippen LogP contribution in [-0.2, 0) is 4.79 Å². The molecule has 0 saturated heterocycles. The largest absolute Gasteiger partial charge is 0.309 e. The van der Waals surface area contributed by atoms with E-state index in [9.17, 15) is 4.79 Å². The third kappa shape index (κ3) is 1.63. The number of nitrogens with zero attached hydrogens (tertiary/aromatic N) is 1. The maximum absolute atomic E-state index is 11.2. The van der Waals surface area contributed by atoms with E-state index in [1.807, 2.05) is 12.1 Å². The van der Waals surface area contributed by atoms with E-state index in [0.29, 0.717) is 10.9 Å². The van der Waals surface area contributed by atoms with Gasteiger partial charge in [0.2, 0.25) is 5.91 Å². The first-order valence-electron chi connectivity index (χ1n) is 4.31. The van der Waals surface area contributed by atoms with Crippen molar-refractivity contribution in [2.75, 3.05) is 0 Å². The first-order chi connectivity index (χ1) is 6.66. The first-order valence-corrected chi connectivity index (χ1v) is 4.69. The lowest BCUT2D eigenvalue weighted by atomic mass is 10.2. The minimum Gasteiger partial charge on any atom is -0.309 e. The smallest absolute Gasteiger partial charge is 0.250 e. The average molecular weight is 209 g/mol. The van der Waals surface area contributed by atoms with Gasteiger partial charge >= 0.3 is 0 Å². The van der Waals surface area contributed by atoms with Crippen LogP contribution in [0.1, 0.15) is 12.5 Å². The molecule has 72 valence electrons. The van der Waals surface area contributed by atoms with Crippen molar-refractivity contribution in [3.63, 3.8) is 0 Å². The van der Waals surface area contributed by atoms with E-state index in [-0.39, 0.29) is 11.9 Å². The molecule has 0 aromatic heterocycles. The summed E-state index contributed by atoms with van der Waals surface area (Å²) in [6.07, 6.45) is 0. The van der Waals surface area contributed by atoms with Crippen LogP contribution >= 0.6 is 11.6 Å². The molecular weight excluding hydrogens is 200 g/mol. The lowest BCUT2D eigenvalue weighted by Gasteiger charge is -2.00. The number of hydrogen-bond acceptors (Lipinski definition) is 2. The molecule has 0 bridgehead atoms. The van der Waals surface area contributed by atoms with Gasteiger partial charge in [-0.1, -0.05) is 11.6 Å².